The van der Waals surface area contributed by atoms with Crippen LogP contribution in [0.25, 0.3) is 0 Å². The van der Waals surface area contributed by atoms with Gasteiger partial charge in [0.15, 0.2) is 23.0 Å². The van der Waals surface area contributed by atoms with Gasteiger partial charge in [-0.25, -0.2) is 4.79 Å². The van der Waals surface area contributed by atoms with Crippen LogP contribution < -0.4 is 23.7 Å². The summed E-state index contributed by atoms with van der Waals surface area (Å²) in [5.74, 6) is 0.124. The zero-order valence-corrected chi connectivity index (χ0v) is 21.1. The predicted molar refractivity (Wildman–Crippen MR) is 133 cm³/mol. The zero-order chi connectivity index (χ0) is 26.4. The van der Waals surface area contributed by atoms with Gasteiger partial charge in [0.2, 0.25) is 12.5 Å². The summed E-state index contributed by atoms with van der Waals surface area (Å²) in [5.41, 5.74) is 2.69. The molecular formula is C29H26O9. The van der Waals surface area contributed by atoms with Crippen molar-refractivity contribution < 1.29 is 42.7 Å². The van der Waals surface area contributed by atoms with Crippen molar-refractivity contribution in [2.24, 2.45) is 11.8 Å². The largest absolute Gasteiger partial charge is 0.493 e. The fourth-order valence-electron chi connectivity index (χ4n) is 5.70. The zero-order valence-electron chi connectivity index (χ0n) is 21.1. The number of fused-ring (bicyclic) bond motifs is 3. The molecule has 0 aromatic heterocycles. The maximum atomic E-state index is 13.3. The molecule has 38 heavy (non-hydrogen) atoms. The second-order valence-corrected chi connectivity index (χ2v) is 9.28. The standard InChI is InChI=1S/C29H26O9/c1-32-22-9-16(10-23(33-2)27(22)34-3)24-17-11-20-21(37-14-36-20)12-18(17)26(19-13-35-29(31)25(19)24)38-28(30)15-7-5-4-6-8-15/h4-12,19,24-26H,13-14H2,1-3H3/t19-,24+,25-,26+/m0/s1. The lowest BCUT2D eigenvalue weighted by Gasteiger charge is -2.38. The van der Waals surface area contributed by atoms with Crippen molar-refractivity contribution in [2.45, 2.75) is 12.0 Å². The lowest BCUT2D eigenvalue weighted by molar-refractivity contribution is -0.141. The van der Waals surface area contributed by atoms with Crippen molar-refractivity contribution >= 4 is 11.9 Å². The third kappa shape index (κ3) is 3.77. The second kappa shape index (κ2) is 9.48. The number of carbonyl (C=O) groups excluding carboxylic acids is 2. The highest BCUT2D eigenvalue weighted by Crippen LogP contribution is 2.56. The van der Waals surface area contributed by atoms with Crippen LogP contribution in [0.1, 0.15) is 39.1 Å². The van der Waals surface area contributed by atoms with E-state index in [2.05, 4.69) is 0 Å². The number of ether oxygens (including phenoxy) is 7. The van der Waals surface area contributed by atoms with E-state index >= 15 is 0 Å². The number of benzene rings is 3. The summed E-state index contributed by atoms with van der Waals surface area (Å²) < 4.78 is 39.7. The Bertz CT molecular complexity index is 1380. The van der Waals surface area contributed by atoms with Gasteiger partial charge in [-0.1, -0.05) is 18.2 Å². The molecule has 2 aliphatic heterocycles. The van der Waals surface area contributed by atoms with E-state index in [-0.39, 0.29) is 19.4 Å². The molecule has 6 rings (SSSR count). The molecule has 0 N–H and O–H groups in total. The van der Waals surface area contributed by atoms with E-state index in [0.29, 0.717) is 34.3 Å². The third-order valence-electron chi connectivity index (χ3n) is 7.41. The number of carbonyl (C=O) groups is 2. The first-order valence-electron chi connectivity index (χ1n) is 12.2. The Kier molecular flexibility index (Phi) is 5.98. The molecule has 3 aliphatic rings. The summed E-state index contributed by atoms with van der Waals surface area (Å²) in [7, 11) is 4.62. The van der Waals surface area contributed by atoms with Crippen molar-refractivity contribution in [2.75, 3.05) is 34.7 Å². The lowest BCUT2D eigenvalue weighted by Crippen LogP contribution is -2.36. The molecule has 1 saturated heterocycles. The smallest absolute Gasteiger partial charge is 0.338 e. The van der Waals surface area contributed by atoms with Gasteiger partial charge in [0.1, 0.15) is 6.10 Å². The van der Waals surface area contributed by atoms with Crippen LogP contribution in [-0.2, 0) is 14.3 Å². The minimum Gasteiger partial charge on any atom is -0.493 e. The second-order valence-electron chi connectivity index (χ2n) is 9.28. The maximum Gasteiger partial charge on any atom is 0.338 e. The van der Waals surface area contributed by atoms with Crippen molar-refractivity contribution in [3.8, 4) is 28.7 Å². The molecule has 1 fully saturated rings. The Labute approximate surface area is 219 Å². The molecule has 4 atom stereocenters. The summed E-state index contributed by atoms with van der Waals surface area (Å²) in [6, 6.07) is 16.1. The molecular weight excluding hydrogens is 492 g/mol. The first-order valence-corrected chi connectivity index (χ1v) is 12.2. The Morgan fingerprint density at radius 1 is 0.842 bits per heavy atom. The van der Waals surface area contributed by atoms with Crippen LogP contribution in [0.5, 0.6) is 28.7 Å². The summed E-state index contributed by atoms with van der Waals surface area (Å²) in [6.07, 6.45) is -0.734. The quantitative estimate of drug-likeness (QED) is 0.443. The van der Waals surface area contributed by atoms with E-state index < -0.39 is 29.8 Å². The molecule has 3 aromatic carbocycles. The normalized spacial score (nSPS) is 22.7. The van der Waals surface area contributed by atoms with Gasteiger partial charge in [-0.15, -0.1) is 0 Å². The van der Waals surface area contributed by atoms with Crippen LogP contribution in [0.4, 0.5) is 0 Å². The molecule has 0 saturated carbocycles. The molecule has 2 heterocycles. The van der Waals surface area contributed by atoms with Crippen LogP contribution >= 0.6 is 0 Å². The molecule has 0 bridgehead atoms. The minimum absolute atomic E-state index is 0.0798. The summed E-state index contributed by atoms with van der Waals surface area (Å²) in [4.78, 5) is 26.4. The Hall–Kier alpha value is -4.40. The molecule has 3 aromatic rings. The Morgan fingerprint density at radius 2 is 1.50 bits per heavy atom. The number of rotatable bonds is 6. The van der Waals surface area contributed by atoms with Gasteiger partial charge in [0.05, 0.1) is 39.4 Å². The maximum absolute atomic E-state index is 13.3. The summed E-state index contributed by atoms with van der Waals surface area (Å²) >= 11 is 0. The SMILES string of the molecule is COc1cc([C@@H]2c3cc4c(cc3[C@@H](OC(=O)c3ccccc3)[C@H]3COC(=O)[C@H]23)OCO4)cc(OC)c1OC. The highest BCUT2D eigenvalue weighted by molar-refractivity contribution is 5.89. The fourth-order valence-corrected chi connectivity index (χ4v) is 5.70. The van der Waals surface area contributed by atoms with E-state index in [9.17, 15) is 9.59 Å². The average molecular weight is 519 g/mol. The average Bonchev–Trinajstić information content (AvgIpc) is 3.57. The fraction of sp³-hybridized carbons (Fsp3) is 0.310. The van der Waals surface area contributed by atoms with Crippen molar-refractivity contribution in [1.82, 2.24) is 0 Å². The number of hydrogen-bond donors (Lipinski definition) is 0. The van der Waals surface area contributed by atoms with Crippen molar-refractivity contribution in [3.05, 3.63) is 76.9 Å². The first kappa shape index (κ1) is 24.0. The molecule has 0 radical (unpaired) electrons. The van der Waals surface area contributed by atoms with E-state index in [4.69, 9.17) is 33.2 Å². The van der Waals surface area contributed by atoms with Crippen LogP contribution in [0.2, 0.25) is 0 Å². The summed E-state index contributed by atoms with van der Waals surface area (Å²) in [5, 5.41) is 0. The highest BCUT2D eigenvalue weighted by Gasteiger charge is 2.54. The topological polar surface area (TPSA) is 98.8 Å². The minimum atomic E-state index is -0.734. The molecule has 0 amide bonds. The van der Waals surface area contributed by atoms with E-state index in [0.717, 1.165) is 16.7 Å². The summed E-state index contributed by atoms with van der Waals surface area (Å²) in [6.45, 7) is 0.196. The van der Waals surface area contributed by atoms with Crippen molar-refractivity contribution in [1.29, 1.82) is 0 Å². The molecule has 196 valence electrons. The van der Waals surface area contributed by atoms with Gasteiger partial charge in [-0.2, -0.15) is 0 Å². The number of esters is 2. The number of hydrogen-bond acceptors (Lipinski definition) is 9. The third-order valence-corrected chi connectivity index (χ3v) is 7.41. The van der Waals surface area contributed by atoms with Crippen LogP contribution in [-0.4, -0.2) is 46.7 Å². The van der Waals surface area contributed by atoms with E-state index in [1.807, 2.05) is 30.3 Å². The van der Waals surface area contributed by atoms with Gasteiger partial charge in [-0.3, -0.25) is 4.79 Å². The number of methoxy groups -OCH3 is 3. The monoisotopic (exact) mass is 518 g/mol. The predicted octanol–water partition coefficient (Wildman–Crippen LogP) is 4.27. The molecule has 9 heteroatoms. The van der Waals surface area contributed by atoms with E-state index in [1.165, 1.54) is 7.11 Å². The highest BCUT2D eigenvalue weighted by atomic mass is 16.7. The Morgan fingerprint density at radius 3 is 2.13 bits per heavy atom. The van der Waals surface area contributed by atoms with E-state index in [1.54, 1.807) is 38.5 Å². The van der Waals surface area contributed by atoms with Crippen molar-refractivity contribution in [3.63, 3.8) is 0 Å². The number of cyclic esters (lactones) is 1. The van der Waals surface area contributed by atoms with Gasteiger partial charge in [-0.05, 0) is 47.5 Å². The molecule has 1 aliphatic carbocycles. The Balaban J connectivity index is 1.53. The lowest BCUT2D eigenvalue weighted by atomic mass is 9.66. The first-order chi connectivity index (χ1) is 18.5. The molecule has 9 nitrogen and oxygen atoms in total. The van der Waals surface area contributed by atoms with Crippen LogP contribution in [0, 0.1) is 11.8 Å². The molecule has 0 spiro atoms. The van der Waals surface area contributed by atoms with Gasteiger partial charge in [0.25, 0.3) is 0 Å². The van der Waals surface area contributed by atoms with Gasteiger partial charge in [0, 0.05) is 17.4 Å². The molecule has 0 unspecified atom stereocenters. The van der Waals surface area contributed by atoms with Gasteiger partial charge < -0.3 is 33.2 Å². The van der Waals surface area contributed by atoms with Gasteiger partial charge >= 0.3 is 11.9 Å². The van der Waals surface area contributed by atoms with Crippen LogP contribution in [0.3, 0.4) is 0 Å². The van der Waals surface area contributed by atoms with Crippen LogP contribution in [0.15, 0.2) is 54.6 Å².